The van der Waals surface area contributed by atoms with Gasteiger partial charge in [-0.15, -0.1) is 10.2 Å². The van der Waals surface area contributed by atoms with E-state index in [9.17, 15) is 4.39 Å². The molecule has 0 unspecified atom stereocenters. The van der Waals surface area contributed by atoms with E-state index in [2.05, 4.69) is 49.6 Å². The molecule has 0 amide bonds. The molecule has 0 N–H and O–H groups in total. The zero-order chi connectivity index (χ0) is 16.7. The van der Waals surface area contributed by atoms with Crippen molar-refractivity contribution in [3.05, 3.63) is 33.8 Å². The molecule has 1 aromatic heterocycles. The third-order valence-electron chi connectivity index (χ3n) is 3.96. The molecule has 1 heterocycles. The molecule has 0 aliphatic heterocycles. The van der Waals surface area contributed by atoms with E-state index in [1.807, 2.05) is 15.7 Å². The summed E-state index contributed by atoms with van der Waals surface area (Å²) in [5.41, 5.74) is 0. The molecular weight excluding hydrogens is 367 g/mol. The number of halogens is 3. The Bertz CT molecular complexity index is 688. The number of rotatable bonds is 4. The lowest BCUT2D eigenvalue weighted by molar-refractivity contribution is 0.374. The van der Waals surface area contributed by atoms with Gasteiger partial charge in [-0.2, -0.15) is 4.98 Å². The summed E-state index contributed by atoms with van der Waals surface area (Å²) in [6, 6.07) is 4.27. The predicted octanol–water partition coefficient (Wildman–Crippen LogP) is -1.53. The number of ether oxygens (including phenoxy) is 1. The molecule has 2 aromatic rings. The summed E-state index contributed by atoms with van der Waals surface area (Å²) in [4.78, 5) is 4.23. The molecule has 0 aliphatic carbocycles. The fraction of sp³-hybridized carbons (Fsp3) is 0.200. The van der Waals surface area contributed by atoms with Gasteiger partial charge >= 0.3 is 6.01 Å². The Labute approximate surface area is 146 Å². The molecule has 110 valence electrons. The largest absolute Gasteiger partial charge is 0.424 e. The second-order valence-electron chi connectivity index (χ2n) is 6.59. The Balaban J connectivity index is 2.45. The third-order valence-corrected chi connectivity index (χ3v) is 4.52. The van der Waals surface area contributed by atoms with Gasteiger partial charge in [0.15, 0.2) is 0 Å². The van der Waals surface area contributed by atoms with Crippen molar-refractivity contribution >= 4 is 66.8 Å². The SMILES string of the molecule is BC(B)(B)C(B)(B)n1nc(Br)nc1Oc1cc(F)cc(Cl)c1. The van der Waals surface area contributed by atoms with Gasteiger partial charge in [0.05, 0.1) is 23.5 Å². The van der Waals surface area contributed by atoms with Gasteiger partial charge in [-0.1, -0.05) is 11.6 Å². The number of hydrogen-bond acceptors (Lipinski definition) is 3. The first-order valence-corrected chi connectivity index (χ1v) is 7.95. The maximum atomic E-state index is 13.4. The quantitative estimate of drug-likeness (QED) is 0.606. The molecule has 0 bridgehead atoms. The molecule has 0 fully saturated rings. The van der Waals surface area contributed by atoms with E-state index in [4.69, 9.17) is 16.3 Å². The van der Waals surface area contributed by atoms with E-state index in [0.717, 1.165) is 0 Å². The minimum absolute atomic E-state index is 0.0994. The Hall–Kier alpha value is -0.815. The molecule has 2 rings (SSSR count). The highest BCUT2D eigenvalue weighted by Gasteiger charge is 2.37. The highest BCUT2D eigenvalue weighted by atomic mass is 79.9. The molecule has 22 heavy (non-hydrogen) atoms. The average molecular weight is 380 g/mol. The van der Waals surface area contributed by atoms with Crippen LogP contribution < -0.4 is 4.74 Å². The number of benzene rings is 1. The normalized spacial score (nSPS) is 12.3. The van der Waals surface area contributed by atoms with Crippen molar-refractivity contribution in [3.8, 4) is 11.8 Å². The first-order chi connectivity index (χ1) is 10.0. The van der Waals surface area contributed by atoms with Gasteiger partial charge in [0.1, 0.15) is 27.3 Å². The van der Waals surface area contributed by atoms with Crippen LogP contribution >= 0.6 is 27.5 Å². The predicted molar refractivity (Wildman–Crippen MR) is 103 cm³/mol. The molecule has 0 aliphatic rings. The van der Waals surface area contributed by atoms with Crippen LogP contribution in [0.1, 0.15) is 0 Å². The molecule has 0 atom stereocenters. The van der Waals surface area contributed by atoms with Gasteiger partial charge in [0.25, 0.3) is 0 Å². The Morgan fingerprint density at radius 2 is 1.82 bits per heavy atom. The molecule has 1 aromatic carbocycles. The maximum absolute atomic E-state index is 13.4. The van der Waals surface area contributed by atoms with Crippen molar-refractivity contribution in [2.45, 2.75) is 10.5 Å². The maximum Gasteiger partial charge on any atom is 0.320 e. The lowest BCUT2D eigenvalue weighted by Gasteiger charge is -2.40. The van der Waals surface area contributed by atoms with Gasteiger partial charge in [0.2, 0.25) is 4.73 Å². The number of nitrogens with zero attached hydrogens (tertiary/aromatic N) is 3. The summed E-state index contributed by atoms with van der Waals surface area (Å²) in [7, 11) is 10.4. The minimum atomic E-state index is -0.470. The Morgan fingerprint density at radius 3 is 2.36 bits per heavy atom. The fourth-order valence-electron chi connectivity index (χ4n) is 1.71. The van der Waals surface area contributed by atoms with Crippen molar-refractivity contribution < 1.29 is 9.13 Å². The van der Waals surface area contributed by atoms with E-state index in [0.29, 0.717) is 4.73 Å². The zero-order valence-corrected chi connectivity index (χ0v) is 15.5. The molecule has 0 spiro atoms. The highest BCUT2D eigenvalue weighted by Crippen LogP contribution is 2.34. The second-order valence-corrected chi connectivity index (χ2v) is 7.74. The highest BCUT2D eigenvalue weighted by molar-refractivity contribution is 9.10. The monoisotopic (exact) mass is 379 g/mol. The Kier molecular flexibility index (Phi) is 4.78. The number of hydrogen-bond donors (Lipinski definition) is 0. The topological polar surface area (TPSA) is 39.9 Å². The van der Waals surface area contributed by atoms with Gasteiger partial charge in [-0.05, 0) is 33.4 Å². The van der Waals surface area contributed by atoms with Gasteiger partial charge in [-0.3, -0.25) is 0 Å². The van der Waals surface area contributed by atoms with Crippen LogP contribution in [0.5, 0.6) is 11.8 Å². The summed E-state index contributed by atoms with van der Waals surface area (Å²) in [5, 5.41) is 4.14. The molecule has 0 radical (unpaired) electrons. The van der Waals surface area contributed by atoms with Crippen LogP contribution in [0.15, 0.2) is 22.9 Å². The molecule has 0 saturated carbocycles. The summed E-state index contributed by atoms with van der Waals surface area (Å²) in [6.07, 6.45) is 0. The van der Waals surface area contributed by atoms with Crippen molar-refractivity contribution in [2.75, 3.05) is 0 Å². The van der Waals surface area contributed by atoms with Gasteiger partial charge < -0.3 is 4.74 Å². The third kappa shape index (κ3) is 3.56. The van der Waals surface area contributed by atoms with Crippen molar-refractivity contribution in [3.63, 3.8) is 0 Å². The van der Waals surface area contributed by atoms with Crippen LogP contribution in [0, 0.1) is 5.82 Å². The summed E-state index contributed by atoms with van der Waals surface area (Å²) in [6.45, 7) is 0. The molecule has 12 heteroatoms. The van der Waals surface area contributed by atoms with Crippen molar-refractivity contribution in [1.29, 1.82) is 0 Å². The van der Waals surface area contributed by atoms with E-state index in [-0.39, 0.29) is 27.2 Å². The summed E-state index contributed by atoms with van der Waals surface area (Å²) < 4.78 is 21.2. The molecular formula is C10H13B5BrClFN3O. The molecule has 0 saturated heterocycles. The average Bonchev–Trinajstić information content (AvgIpc) is 2.67. The van der Waals surface area contributed by atoms with Crippen molar-refractivity contribution in [2.24, 2.45) is 0 Å². The lowest BCUT2D eigenvalue weighted by atomic mass is 9.26. The van der Waals surface area contributed by atoms with Crippen LogP contribution in [-0.2, 0) is 5.34 Å². The van der Waals surface area contributed by atoms with E-state index in [1.54, 1.807) is 4.68 Å². The van der Waals surface area contributed by atoms with E-state index >= 15 is 0 Å². The Morgan fingerprint density at radius 1 is 1.18 bits per heavy atom. The standard InChI is InChI=1S/C10H13B5BrClFN3O/c11-9(12,13)10(14,15)21-8(19-7(16)20-21)22-6-2-4(17)1-5(18)3-6/h1-3H,11-15H2. The van der Waals surface area contributed by atoms with Crippen molar-refractivity contribution in [1.82, 2.24) is 14.8 Å². The van der Waals surface area contributed by atoms with Crippen LogP contribution in [0.25, 0.3) is 0 Å². The van der Waals surface area contributed by atoms with Crippen LogP contribution in [0.2, 0.25) is 10.1 Å². The minimum Gasteiger partial charge on any atom is -0.424 e. The fourth-order valence-corrected chi connectivity index (χ4v) is 2.24. The van der Waals surface area contributed by atoms with Gasteiger partial charge in [-0.25, -0.2) is 9.07 Å². The van der Waals surface area contributed by atoms with Gasteiger partial charge in [0, 0.05) is 11.1 Å². The summed E-state index contributed by atoms with van der Waals surface area (Å²) in [5.74, 6) is -0.196. The van der Waals surface area contributed by atoms with E-state index in [1.165, 1.54) is 18.2 Å². The van der Waals surface area contributed by atoms with Crippen LogP contribution in [0.4, 0.5) is 4.39 Å². The first kappa shape index (κ1) is 17.5. The van der Waals surface area contributed by atoms with Crippen LogP contribution in [-0.4, -0.2) is 54.0 Å². The van der Waals surface area contributed by atoms with Crippen LogP contribution in [0.3, 0.4) is 0 Å². The van der Waals surface area contributed by atoms with E-state index < -0.39 is 5.82 Å². The number of aromatic nitrogens is 3. The first-order valence-electron chi connectivity index (χ1n) is 6.78. The smallest absolute Gasteiger partial charge is 0.320 e. The molecule has 4 nitrogen and oxygen atoms in total. The summed E-state index contributed by atoms with van der Waals surface area (Å²) >= 11 is 9.11. The second kappa shape index (κ2) is 6.00. The lowest BCUT2D eigenvalue weighted by Crippen LogP contribution is -2.49. The zero-order valence-electron chi connectivity index (χ0n) is 13.1.